The van der Waals surface area contributed by atoms with Crippen LogP contribution in [0.3, 0.4) is 0 Å². The van der Waals surface area contributed by atoms with Gasteiger partial charge in [-0.15, -0.1) is 0 Å². The van der Waals surface area contributed by atoms with Gasteiger partial charge in [0.25, 0.3) is 0 Å². The molecule has 0 unspecified atom stereocenters. The molecule has 2 amide bonds. The zero-order valence-electron chi connectivity index (χ0n) is 15.6. The number of aromatic nitrogens is 1. The van der Waals surface area contributed by atoms with Gasteiger partial charge in [-0.25, -0.2) is 14.6 Å². The molecule has 156 valence electrons. The molecule has 5 N–H and O–H groups in total. The summed E-state index contributed by atoms with van der Waals surface area (Å²) >= 11 is 5.84. The number of carboxylic acids is 1. The zero-order chi connectivity index (χ0) is 21.7. The molecule has 0 atom stereocenters. The van der Waals surface area contributed by atoms with Crippen LogP contribution in [-0.2, 0) is 4.79 Å². The van der Waals surface area contributed by atoms with Gasteiger partial charge < -0.3 is 20.5 Å². The van der Waals surface area contributed by atoms with Gasteiger partial charge in [0.15, 0.2) is 0 Å². The lowest BCUT2D eigenvalue weighted by atomic mass is 10.1. The Morgan fingerprint density at radius 3 is 2.70 bits per heavy atom. The number of pyridine rings is 1. The van der Waals surface area contributed by atoms with Crippen LogP contribution < -0.4 is 26.2 Å². The highest BCUT2D eigenvalue weighted by Crippen LogP contribution is 2.34. The summed E-state index contributed by atoms with van der Waals surface area (Å²) in [5, 5.41) is 14.9. The number of nitrogens with zero attached hydrogens (tertiary/aromatic N) is 1. The Hall–Kier alpha value is -3.63. The zero-order valence-corrected chi connectivity index (χ0v) is 16.4. The summed E-state index contributed by atoms with van der Waals surface area (Å²) in [6.07, 6.45) is 1.59. The van der Waals surface area contributed by atoms with Crippen molar-refractivity contribution in [1.29, 1.82) is 0 Å². The summed E-state index contributed by atoms with van der Waals surface area (Å²) in [6, 6.07) is 8.55. The third kappa shape index (κ3) is 5.04. The van der Waals surface area contributed by atoms with Gasteiger partial charge in [-0.1, -0.05) is 11.6 Å². The Kier molecular flexibility index (Phi) is 6.50. The summed E-state index contributed by atoms with van der Waals surface area (Å²) in [5.74, 6) is -1.30. The van der Waals surface area contributed by atoms with E-state index in [0.29, 0.717) is 33.7 Å². The fourth-order valence-electron chi connectivity index (χ4n) is 2.63. The number of hydrogen-bond acceptors (Lipinski definition) is 6. The molecule has 1 heterocycles. The first-order valence-electron chi connectivity index (χ1n) is 8.58. The molecule has 0 spiro atoms. The van der Waals surface area contributed by atoms with Crippen LogP contribution in [-0.4, -0.2) is 35.7 Å². The van der Waals surface area contributed by atoms with Crippen molar-refractivity contribution in [3.8, 4) is 5.75 Å². The number of hydrazine groups is 1. The Labute approximate surface area is 175 Å². The van der Waals surface area contributed by atoms with Gasteiger partial charge in [-0.05, 0) is 30.3 Å². The van der Waals surface area contributed by atoms with E-state index in [1.54, 1.807) is 24.4 Å². The van der Waals surface area contributed by atoms with Gasteiger partial charge in [0.1, 0.15) is 18.1 Å². The van der Waals surface area contributed by atoms with Gasteiger partial charge >= 0.3 is 12.0 Å². The number of benzene rings is 2. The van der Waals surface area contributed by atoms with Crippen molar-refractivity contribution in [2.75, 3.05) is 24.3 Å². The van der Waals surface area contributed by atoms with Crippen LogP contribution >= 0.6 is 11.6 Å². The average Bonchev–Trinajstić information content (AvgIpc) is 2.70. The van der Waals surface area contributed by atoms with Crippen molar-refractivity contribution >= 4 is 51.6 Å². The van der Waals surface area contributed by atoms with Crippen molar-refractivity contribution < 1.29 is 23.8 Å². The number of fused-ring (bicyclic) bond motifs is 1. The van der Waals surface area contributed by atoms with E-state index in [2.05, 4.69) is 26.5 Å². The van der Waals surface area contributed by atoms with E-state index in [1.807, 2.05) is 0 Å². The summed E-state index contributed by atoms with van der Waals surface area (Å²) in [7, 11) is 1.44. The van der Waals surface area contributed by atoms with Crippen molar-refractivity contribution in [1.82, 2.24) is 15.8 Å². The summed E-state index contributed by atoms with van der Waals surface area (Å²) in [4.78, 5) is 26.8. The lowest BCUT2D eigenvalue weighted by molar-refractivity contribution is -0.136. The van der Waals surface area contributed by atoms with Gasteiger partial charge in [-0.3, -0.25) is 15.2 Å². The largest absolute Gasteiger partial charge is 0.494 e. The number of ether oxygens (including phenoxy) is 1. The second kappa shape index (κ2) is 9.25. The molecule has 0 bridgehead atoms. The van der Waals surface area contributed by atoms with Crippen LogP contribution in [0.15, 0.2) is 42.6 Å². The van der Waals surface area contributed by atoms with Crippen LogP contribution in [0.2, 0.25) is 5.02 Å². The number of carbonyl (C=O) groups excluding carboxylic acids is 1. The minimum Gasteiger partial charge on any atom is -0.494 e. The Balaban J connectivity index is 1.90. The normalized spacial score (nSPS) is 10.5. The predicted molar refractivity (Wildman–Crippen MR) is 111 cm³/mol. The molecule has 9 nitrogen and oxygen atoms in total. The molecular weight excluding hydrogens is 417 g/mol. The van der Waals surface area contributed by atoms with Gasteiger partial charge in [0.2, 0.25) is 0 Å². The highest BCUT2D eigenvalue weighted by atomic mass is 35.5. The molecule has 30 heavy (non-hydrogen) atoms. The van der Waals surface area contributed by atoms with Crippen LogP contribution in [0, 0.1) is 5.82 Å². The molecule has 2 aromatic carbocycles. The number of urea groups is 1. The minimum atomic E-state index is -1.12. The van der Waals surface area contributed by atoms with E-state index < -0.39 is 24.4 Å². The average molecular weight is 434 g/mol. The number of hydrogen-bond donors (Lipinski definition) is 5. The molecular formula is C19H17ClFN5O4. The number of carboxylic acid groups (broad SMARTS) is 1. The summed E-state index contributed by atoms with van der Waals surface area (Å²) in [6.45, 7) is -0.444. The predicted octanol–water partition coefficient (Wildman–Crippen LogP) is 3.49. The smallest absolute Gasteiger partial charge is 0.333 e. The third-order valence-corrected chi connectivity index (χ3v) is 4.24. The second-order valence-corrected chi connectivity index (χ2v) is 6.42. The number of nitrogens with one attached hydrogen (secondary N) is 4. The topological polar surface area (TPSA) is 125 Å². The van der Waals surface area contributed by atoms with Crippen LogP contribution in [0.25, 0.3) is 10.9 Å². The van der Waals surface area contributed by atoms with E-state index in [1.165, 1.54) is 25.3 Å². The first-order chi connectivity index (χ1) is 14.4. The third-order valence-electron chi connectivity index (χ3n) is 3.95. The van der Waals surface area contributed by atoms with Gasteiger partial charge in [0.05, 0.1) is 23.3 Å². The fraction of sp³-hybridized carbons (Fsp3) is 0.105. The number of anilines is 3. The van der Waals surface area contributed by atoms with E-state index in [0.717, 1.165) is 0 Å². The number of amides is 2. The van der Waals surface area contributed by atoms with Crippen molar-refractivity contribution in [2.45, 2.75) is 0 Å². The minimum absolute atomic E-state index is 0.0204. The van der Waals surface area contributed by atoms with Gasteiger partial charge in [0, 0.05) is 29.0 Å². The molecule has 3 rings (SSSR count). The maximum absolute atomic E-state index is 13.4. The monoisotopic (exact) mass is 433 g/mol. The number of halogens is 2. The van der Waals surface area contributed by atoms with E-state index in [-0.39, 0.29) is 5.02 Å². The molecule has 11 heteroatoms. The standard InChI is InChI=1S/C19H17ClFN5O4/c1-30-17-8-15-11(7-16(17)25-19(29)26-23-9-18(27)28)14(4-5-22-15)24-10-2-3-13(21)12(20)6-10/h2-8,23H,9H2,1H3,(H,22,24)(H,27,28)(H2,25,26,29). The van der Waals surface area contributed by atoms with Crippen LogP contribution in [0.5, 0.6) is 5.75 Å². The lowest BCUT2D eigenvalue weighted by Gasteiger charge is -2.15. The number of carbonyl (C=O) groups is 2. The summed E-state index contributed by atoms with van der Waals surface area (Å²) < 4.78 is 18.7. The van der Waals surface area contributed by atoms with Crippen molar-refractivity contribution in [2.24, 2.45) is 0 Å². The molecule has 0 aliphatic rings. The fourth-order valence-corrected chi connectivity index (χ4v) is 2.81. The van der Waals surface area contributed by atoms with E-state index >= 15 is 0 Å². The van der Waals surface area contributed by atoms with E-state index in [9.17, 15) is 14.0 Å². The first-order valence-corrected chi connectivity index (χ1v) is 8.95. The highest BCUT2D eigenvalue weighted by Gasteiger charge is 2.13. The molecule has 1 aromatic heterocycles. The van der Waals surface area contributed by atoms with Crippen molar-refractivity contribution in [3.05, 3.63) is 53.4 Å². The molecule has 0 fully saturated rings. The molecule has 0 saturated carbocycles. The van der Waals surface area contributed by atoms with Crippen LogP contribution in [0.4, 0.5) is 26.2 Å². The highest BCUT2D eigenvalue weighted by molar-refractivity contribution is 6.31. The maximum atomic E-state index is 13.4. The SMILES string of the molecule is COc1cc2nccc(Nc3ccc(F)c(Cl)c3)c2cc1NC(=O)NNCC(=O)O. The number of rotatable bonds is 7. The molecule has 0 aliphatic carbocycles. The quantitative estimate of drug-likeness (QED) is 0.361. The number of methoxy groups -OCH3 is 1. The Morgan fingerprint density at radius 2 is 2.00 bits per heavy atom. The Morgan fingerprint density at radius 1 is 1.20 bits per heavy atom. The molecule has 0 aliphatic heterocycles. The Bertz CT molecular complexity index is 1110. The number of aliphatic carboxylic acids is 1. The summed E-state index contributed by atoms with van der Waals surface area (Å²) in [5.41, 5.74) is 6.58. The van der Waals surface area contributed by atoms with Crippen LogP contribution in [0.1, 0.15) is 0 Å². The molecule has 3 aromatic rings. The first kappa shape index (κ1) is 21.1. The second-order valence-electron chi connectivity index (χ2n) is 6.01. The molecule has 0 radical (unpaired) electrons. The maximum Gasteiger partial charge on any atom is 0.333 e. The van der Waals surface area contributed by atoms with Gasteiger partial charge in [-0.2, -0.15) is 0 Å². The lowest BCUT2D eigenvalue weighted by Crippen LogP contribution is -2.42. The van der Waals surface area contributed by atoms with E-state index in [4.69, 9.17) is 21.4 Å². The van der Waals surface area contributed by atoms with Crippen molar-refractivity contribution in [3.63, 3.8) is 0 Å². The molecule has 0 saturated heterocycles.